The van der Waals surface area contributed by atoms with Crippen molar-refractivity contribution >= 4 is 17.8 Å². The number of hydrogen-bond donors (Lipinski definition) is 3. The monoisotopic (exact) mass is 260 g/mol. The van der Waals surface area contributed by atoms with Gasteiger partial charge in [-0.15, -0.1) is 0 Å². The smallest absolute Gasteiger partial charge is 0.328 e. The Bertz CT molecular complexity index is 304. The fraction of sp³-hybridized carbons (Fsp3) is 0.727. The molecule has 0 saturated heterocycles. The van der Waals surface area contributed by atoms with E-state index in [0.717, 1.165) is 0 Å². The van der Waals surface area contributed by atoms with Crippen LogP contribution in [0.15, 0.2) is 0 Å². The van der Waals surface area contributed by atoms with Gasteiger partial charge in [0.2, 0.25) is 11.8 Å². The highest BCUT2D eigenvalue weighted by Gasteiger charge is 2.22. The summed E-state index contributed by atoms with van der Waals surface area (Å²) >= 11 is 0. The molecule has 7 heteroatoms. The third-order valence-electron chi connectivity index (χ3n) is 2.23. The zero-order valence-corrected chi connectivity index (χ0v) is 10.9. The zero-order valence-electron chi connectivity index (χ0n) is 10.9. The number of hydrogen-bond acceptors (Lipinski definition) is 5. The van der Waals surface area contributed by atoms with Gasteiger partial charge in [-0.3, -0.25) is 14.8 Å². The molecule has 0 aromatic heterocycles. The first-order valence-electron chi connectivity index (χ1n) is 5.70. The predicted molar refractivity (Wildman–Crippen MR) is 62.6 cm³/mol. The largest absolute Gasteiger partial charge is 0.467 e. The summed E-state index contributed by atoms with van der Waals surface area (Å²) in [5, 5.41) is 10.8. The van der Waals surface area contributed by atoms with Crippen LogP contribution in [0.3, 0.4) is 0 Å². The molecule has 0 saturated carbocycles. The van der Waals surface area contributed by atoms with E-state index in [1.54, 1.807) is 0 Å². The number of carbonyl (C=O) groups is 3. The van der Waals surface area contributed by atoms with Gasteiger partial charge in [-0.05, 0) is 12.3 Å². The predicted octanol–water partition coefficient (Wildman–Crippen LogP) is -0.0241. The molecule has 2 amide bonds. The fourth-order valence-corrected chi connectivity index (χ4v) is 1.38. The third kappa shape index (κ3) is 6.85. The second kappa shape index (κ2) is 8.46. The van der Waals surface area contributed by atoms with E-state index in [1.165, 1.54) is 12.6 Å². The van der Waals surface area contributed by atoms with Crippen molar-refractivity contribution in [2.45, 2.75) is 39.2 Å². The lowest BCUT2D eigenvalue weighted by Crippen LogP contribution is -2.42. The molecule has 0 fully saturated rings. The van der Waals surface area contributed by atoms with Crippen LogP contribution in [0.25, 0.3) is 0 Å². The van der Waals surface area contributed by atoms with Gasteiger partial charge < -0.3 is 10.1 Å². The second-order valence-corrected chi connectivity index (χ2v) is 4.31. The van der Waals surface area contributed by atoms with Crippen LogP contribution < -0.4 is 10.8 Å². The van der Waals surface area contributed by atoms with Crippen LogP contribution in [0.5, 0.6) is 0 Å². The van der Waals surface area contributed by atoms with E-state index in [1.807, 2.05) is 13.8 Å². The first-order valence-corrected chi connectivity index (χ1v) is 5.70. The topological polar surface area (TPSA) is 105 Å². The normalized spacial score (nSPS) is 11.8. The number of amides is 2. The summed E-state index contributed by atoms with van der Waals surface area (Å²) in [6.07, 6.45) is 0.223. The van der Waals surface area contributed by atoms with Crippen molar-refractivity contribution in [3.8, 4) is 0 Å². The van der Waals surface area contributed by atoms with Crippen molar-refractivity contribution in [3.05, 3.63) is 0 Å². The summed E-state index contributed by atoms with van der Waals surface area (Å²) < 4.78 is 4.59. The standard InChI is InChI=1S/C11H20N2O5/c1-7(2)6-8(11(16)18-3)12-9(14)4-5-10(15)13-17/h7-8,17H,4-6H2,1-3H3,(H,12,14)(H,13,15)/t8-/m0/s1. The Morgan fingerprint density at radius 1 is 1.17 bits per heavy atom. The van der Waals surface area contributed by atoms with E-state index in [0.29, 0.717) is 6.42 Å². The lowest BCUT2D eigenvalue weighted by molar-refractivity contribution is -0.145. The molecule has 0 unspecified atom stereocenters. The number of carbonyl (C=O) groups excluding carboxylic acids is 3. The molecule has 0 heterocycles. The molecule has 0 aliphatic carbocycles. The van der Waals surface area contributed by atoms with Gasteiger partial charge in [-0.25, -0.2) is 10.3 Å². The molecule has 7 nitrogen and oxygen atoms in total. The van der Waals surface area contributed by atoms with Crippen molar-refractivity contribution in [2.75, 3.05) is 7.11 Å². The first-order chi connectivity index (χ1) is 8.40. The molecule has 0 bridgehead atoms. The average molecular weight is 260 g/mol. The van der Waals surface area contributed by atoms with E-state index in [2.05, 4.69) is 10.1 Å². The van der Waals surface area contributed by atoms with Crippen molar-refractivity contribution in [1.29, 1.82) is 0 Å². The zero-order chi connectivity index (χ0) is 14.1. The van der Waals surface area contributed by atoms with Gasteiger partial charge in [0.05, 0.1) is 7.11 Å². The number of rotatable bonds is 7. The van der Waals surface area contributed by atoms with E-state index >= 15 is 0 Å². The SMILES string of the molecule is COC(=O)[C@H](CC(C)C)NC(=O)CCC(=O)NO. The van der Waals surface area contributed by atoms with Crippen LogP contribution in [0, 0.1) is 5.92 Å². The van der Waals surface area contributed by atoms with Crippen LogP contribution in [-0.2, 0) is 19.1 Å². The fourth-order valence-electron chi connectivity index (χ4n) is 1.38. The van der Waals surface area contributed by atoms with Crippen LogP contribution in [0.1, 0.15) is 33.1 Å². The van der Waals surface area contributed by atoms with Crippen molar-refractivity contribution < 1.29 is 24.3 Å². The van der Waals surface area contributed by atoms with E-state index in [4.69, 9.17) is 5.21 Å². The average Bonchev–Trinajstić information content (AvgIpc) is 2.33. The Hall–Kier alpha value is -1.63. The maximum atomic E-state index is 11.5. The molecule has 1 atom stereocenters. The quantitative estimate of drug-likeness (QED) is 0.339. The number of esters is 1. The molecule has 0 aromatic rings. The van der Waals surface area contributed by atoms with Gasteiger partial charge in [0.1, 0.15) is 6.04 Å². The molecule has 0 aliphatic rings. The molecule has 0 aromatic carbocycles. The molecule has 18 heavy (non-hydrogen) atoms. The minimum absolute atomic E-state index is 0.0992. The van der Waals surface area contributed by atoms with Crippen LogP contribution in [0.4, 0.5) is 0 Å². The number of methoxy groups -OCH3 is 1. The van der Waals surface area contributed by atoms with Crippen molar-refractivity contribution in [1.82, 2.24) is 10.8 Å². The highest BCUT2D eigenvalue weighted by Crippen LogP contribution is 2.06. The van der Waals surface area contributed by atoms with Gasteiger partial charge in [0.15, 0.2) is 0 Å². The molecular formula is C11H20N2O5. The first kappa shape index (κ1) is 16.4. The highest BCUT2D eigenvalue weighted by molar-refractivity contribution is 5.87. The molecule has 0 spiro atoms. The summed E-state index contributed by atoms with van der Waals surface area (Å²) in [5.74, 6) is -1.38. The molecule has 0 rings (SSSR count). The third-order valence-corrected chi connectivity index (χ3v) is 2.23. The Morgan fingerprint density at radius 3 is 2.17 bits per heavy atom. The second-order valence-electron chi connectivity index (χ2n) is 4.31. The summed E-state index contributed by atoms with van der Waals surface area (Å²) in [7, 11) is 1.25. The van der Waals surface area contributed by atoms with Crippen molar-refractivity contribution in [3.63, 3.8) is 0 Å². The Labute approximate surface area is 106 Å². The maximum Gasteiger partial charge on any atom is 0.328 e. The van der Waals surface area contributed by atoms with E-state index in [9.17, 15) is 14.4 Å². The summed E-state index contributed by atoms with van der Waals surface area (Å²) in [6.45, 7) is 3.84. The molecule has 104 valence electrons. The minimum Gasteiger partial charge on any atom is -0.467 e. The van der Waals surface area contributed by atoms with Gasteiger partial charge in [-0.2, -0.15) is 0 Å². The lowest BCUT2D eigenvalue weighted by atomic mass is 10.0. The van der Waals surface area contributed by atoms with Crippen LogP contribution in [-0.4, -0.2) is 36.1 Å². The number of ether oxygens (including phenoxy) is 1. The minimum atomic E-state index is -0.709. The number of hydroxylamine groups is 1. The Balaban J connectivity index is 4.26. The highest BCUT2D eigenvalue weighted by atomic mass is 16.5. The van der Waals surface area contributed by atoms with E-state index in [-0.39, 0.29) is 18.8 Å². The molecule has 3 N–H and O–H groups in total. The van der Waals surface area contributed by atoms with Gasteiger partial charge in [-0.1, -0.05) is 13.8 Å². The van der Waals surface area contributed by atoms with Crippen molar-refractivity contribution in [2.24, 2.45) is 5.92 Å². The number of nitrogens with one attached hydrogen (secondary N) is 2. The van der Waals surface area contributed by atoms with Crippen LogP contribution >= 0.6 is 0 Å². The van der Waals surface area contributed by atoms with Gasteiger partial charge in [0, 0.05) is 12.8 Å². The van der Waals surface area contributed by atoms with Gasteiger partial charge >= 0.3 is 5.97 Å². The lowest BCUT2D eigenvalue weighted by Gasteiger charge is -2.18. The maximum absolute atomic E-state index is 11.5. The molecule has 0 aliphatic heterocycles. The van der Waals surface area contributed by atoms with Gasteiger partial charge in [0.25, 0.3) is 0 Å². The van der Waals surface area contributed by atoms with Crippen LogP contribution in [0.2, 0.25) is 0 Å². The summed E-state index contributed by atoms with van der Waals surface area (Å²) in [6, 6.07) is -0.709. The Kier molecular flexibility index (Phi) is 7.69. The molecule has 0 radical (unpaired) electrons. The summed E-state index contributed by atoms with van der Waals surface area (Å²) in [4.78, 5) is 33.7. The molecular weight excluding hydrogens is 240 g/mol. The Morgan fingerprint density at radius 2 is 1.72 bits per heavy atom. The summed E-state index contributed by atoms with van der Waals surface area (Å²) in [5.41, 5.74) is 1.43. The van der Waals surface area contributed by atoms with E-state index < -0.39 is 23.8 Å².